The zero-order valence-electron chi connectivity index (χ0n) is 16.7. The van der Waals surface area contributed by atoms with Crippen molar-refractivity contribution in [2.45, 2.75) is 38.7 Å². The van der Waals surface area contributed by atoms with Crippen LogP contribution in [0.5, 0.6) is 5.75 Å². The molecule has 0 saturated heterocycles. The highest BCUT2D eigenvalue weighted by Gasteiger charge is 2.14. The van der Waals surface area contributed by atoms with Gasteiger partial charge in [0, 0.05) is 12.1 Å². The maximum absolute atomic E-state index is 11.9. The lowest BCUT2D eigenvalue weighted by Crippen LogP contribution is -2.32. The Kier molecular flexibility index (Phi) is 7.92. The zero-order valence-corrected chi connectivity index (χ0v) is 16.7. The van der Waals surface area contributed by atoms with E-state index in [1.165, 1.54) is 32.1 Å². The lowest BCUT2D eigenvalue weighted by Gasteiger charge is -2.21. The van der Waals surface area contributed by atoms with E-state index in [-0.39, 0.29) is 18.3 Å². The van der Waals surface area contributed by atoms with Gasteiger partial charge < -0.3 is 20.6 Å². The number of nitrogens with one attached hydrogen (secondary N) is 1. The Morgan fingerprint density at radius 2 is 1.76 bits per heavy atom. The molecule has 2 aromatic rings. The topological polar surface area (TPSA) is 85.9 Å². The van der Waals surface area contributed by atoms with Gasteiger partial charge in [0.2, 0.25) is 0 Å². The molecule has 0 bridgehead atoms. The molecule has 1 fully saturated rings. The molecule has 3 rings (SSSR count). The summed E-state index contributed by atoms with van der Waals surface area (Å²) in [6, 6.07) is 17.3. The van der Waals surface area contributed by atoms with Crippen LogP contribution in [-0.2, 0) is 16.2 Å². The van der Waals surface area contributed by atoms with E-state index in [1.54, 1.807) is 0 Å². The fourth-order valence-corrected chi connectivity index (χ4v) is 3.38. The number of ether oxygens (including phenoxy) is 1. The predicted octanol–water partition coefficient (Wildman–Crippen LogP) is 3.60. The van der Waals surface area contributed by atoms with Crippen LogP contribution in [-0.4, -0.2) is 24.9 Å². The van der Waals surface area contributed by atoms with Crippen LogP contribution in [0.3, 0.4) is 0 Å². The highest BCUT2D eigenvalue weighted by molar-refractivity contribution is 5.97. The van der Waals surface area contributed by atoms with Crippen LogP contribution in [0.25, 0.3) is 0 Å². The first-order valence-corrected chi connectivity index (χ1v) is 10.2. The van der Waals surface area contributed by atoms with E-state index in [0.717, 1.165) is 11.3 Å². The molecule has 1 aliphatic carbocycles. The first-order chi connectivity index (χ1) is 14.2. The Balaban J connectivity index is 1.39. The minimum atomic E-state index is -0.170. The summed E-state index contributed by atoms with van der Waals surface area (Å²) in [5.74, 6) is 1.38. The van der Waals surface area contributed by atoms with Crippen LogP contribution in [0, 0.1) is 5.92 Å². The van der Waals surface area contributed by atoms with Crippen molar-refractivity contribution >= 4 is 11.7 Å². The number of amidine groups is 1. The molecule has 0 aromatic heterocycles. The molecule has 3 N–H and O–H groups in total. The molecule has 6 nitrogen and oxygen atoms in total. The smallest absolute Gasteiger partial charge is 0.260 e. The average molecular weight is 396 g/mol. The summed E-state index contributed by atoms with van der Waals surface area (Å²) in [4.78, 5) is 17.0. The van der Waals surface area contributed by atoms with Crippen molar-refractivity contribution in [1.82, 2.24) is 5.32 Å². The van der Waals surface area contributed by atoms with Gasteiger partial charge in [0.1, 0.15) is 12.4 Å². The van der Waals surface area contributed by atoms with Gasteiger partial charge in [-0.25, -0.2) is 0 Å². The van der Waals surface area contributed by atoms with E-state index in [4.69, 9.17) is 15.3 Å². The molecule has 1 aliphatic rings. The zero-order chi connectivity index (χ0) is 20.3. The Bertz CT molecular complexity index is 785. The highest BCUT2D eigenvalue weighted by Crippen LogP contribution is 2.22. The minimum Gasteiger partial charge on any atom is -0.489 e. The van der Waals surface area contributed by atoms with Crippen molar-refractivity contribution in [3.05, 3.63) is 65.7 Å². The summed E-state index contributed by atoms with van der Waals surface area (Å²) in [7, 11) is 0. The van der Waals surface area contributed by atoms with E-state index >= 15 is 0 Å². The first-order valence-electron chi connectivity index (χ1n) is 10.2. The highest BCUT2D eigenvalue weighted by atomic mass is 16.6. The molecule has 0 atom stereocenters. The Morgan fingerprint density at radius 3 is 2.48 bits per heavy atom. The molecule has 0 aliphatic heterocycles. The van der Waals surface area contributed by atoms with Crippen molar-refractivity contribution < 1.29 is 14.4 Å². The number of hydrogen-bond acceptors (Lipinski definition) is 4. The van der Waals surface area contributed by atoms with E-state index < -0.39 is 0 Å². The minimum absolute atomic E-state index is 0.133. The van der Waals surface area contributed by atoms with Crippen LogP contribution >= 0.6 is 0 Å². The predicted molar refractivity (Wildman–Crippen MR) is 113 cm³/mol. The molecule has 1 saturated carbocycles. The number of oxime groups is 1. The third-order valence-electron chi connectivity index (χ3n) is 5.07. The first kappa shape index (κ1) is 20.7. The van der Waals surface area contributed by atoms with Gasteiger partial charge in [-0.15, -0.1) is 0 Å². The number of rotatable bonds is 9. The van der Waals surface area contributed by atoms with Gasteiger partial charge >= 0.3 is 0 Å². The molecule has 29 heavy (non-hydrogen) atoms. The molecule has 0 unspecified atom stereocenters. The van der Waals surface area contributed by atoms with Gasteiger partial charge in [-0.2, -0.15) is 0 Å². The number of benzene rings is 2. The summed E-state index contributed by atoms with van der Waals surface area (Å²) in [6.07, 6.45) is 6.21. The van der Waals surface area contributed by atoms with Crippen LogP contribution in [0.2, 0.25) is 0 Å². The molecular weight excluding hydrogens is 366 g/mol. The van der Waals surface area contributed by atoms with Crippen molar-refractivity contribution in [2.75, 3.05) is 13.2 Å². The van der Waals surface area contributed by atoms with Crippen LogP contribution in [0.1, 0.15) is 43.2 Å². The van der Waals surface area contributed by atoms with Gasteiger partial charge in [0.25, 0.3) is 5.91 Å². The van der Waals surface area contributed by atoms with Gasteiger partial charge in [-0.05, 0) is 48.6 Å². The Hall–Kier alpha value is -3.02. The fourth-order valence-electron chi connectivity index (χ4n) is 3.38. The molecule has 1 amide bonds. The summed E-state index contributed by atoms with van der Waals surface area (Å²) < 4.78 is 5.75. The number of nitrogens with two attached hydrogens (primary N) is 1. The Labute approximate surface area is 172 Å². The van der Waals surface area contributed by atoms with Crippen LogP contribution in [0.15, 0.2) is 59.8 Å². The van der Waals surface area contributed by atoms with E-state index in [2.05, 4.69) is 10.5 Å². The summed E-state index contributed by atoms with van der Waals surface area (Å²) in [6.45, 7) is 1.08. The molecular formula is C23H29N3O3. The fraction of sp³-hybridized carbons (Fsp3) is 0.391. The van der Waals surface area contributed by atoms with Gasteiger partial charge in [-0.1, -0.05) is 54.8 Å². The van der Waals surface area contributed by atoms with E-state index in [9.17, 15) is 4.79 Å². The SMILES string of the molecule is N/C(=N/OCC(=O)NCC1CCCCC1)c1ccc(OCc2ccccc2)cc1. The molecule has 0 heterocycles. The lowest BCUT2D eigenvalue weighted by atomic mass is 9.89. The second-order valence-electron chi connectivity index (χ2n) is 7.36. The maximum atomic E-state index is 11.9. The third kappa shape index (κ3) is 7.14. The second-order valence-corrected chi connectivity index (χ2v) is 7.36. The van der Waals surface area contributed by atoms with E-state index in [0.29, 0.717) is 24.6 Å². The van der Waals surface area contributed by atoms with Crippen LogP contribution in [0.4, 0.5) is 0 Å². The van der Waals surface area contributed by atoms with Crippen molar-refractivity contribution in [1.29, 1.82) is 0 Å². The van der Waals surface area contributed by atoms with Gasteiger partial charge in [-0.3, -0.25) is 4.79 Å². The molecule has 6 heteroatoms. The summed E-state index contributed by atoms with van der Waals surface area (Å²) >= 11 is 0. The van der Waals surface area contributed by atoms with Gasteiger partial charge in [0.15, 0.2) is 12.4 Å². The Morgan fingerprint density at radius 1 is 1.03 bits per heavy atom. The third-order valence-corrected chi connectivity index (χ3v) is 5.07. The summed E-state index contributed by atoms with van der Waals surface area (Å²) in [5, 5.41) is 6.76. The number of amides is 1. The second kappa shape index (κ2) is 11.1. The lowest BCUT2D eigenvalue weighted by molar-refractivity contribution is -0.125. The monoisotopic (exact) mass is 395 g/mol. The standard InChI is InChI=1S/C23H29N3O3/c24-23(26-29-17-22(27)25-15-18-7-3-1-4-8-18)20-11-13-21(14-12-20)28-16-19-9-5-2-6-10-19/h2,5-6,9-14,18H,1,3-4,7-8,15-17H2,(H2,24,26)(H,25,27). The quantitative estimate of drug-likeness (QED) is 0.386. The van der Waals surface area contributed by atoms with E-state index in [1.807, 2.05) is 54.6 Å². The number of nitrogens with zero attached hydrogens (tertiary/aromatic N) is 1. The molecule has 0 radical (unpaired) electrons. The normalized spacial score (nSPS) is 15.0. The largest absolute Gasteiger partial charge is 0.489 e. The molecule has 154 valence electrons. The number of carbonyl (C=O) groups is 1. The number of carbonyl (C=O) groups excluding carboxylic acids is 1. The van der Waals surface area contributed by atoms with Crippen molar-refractivity contribution in [3.8, 4) is 5.75 Å². The van der Waals surface area contributed by atoms with Crippen molar-refractivity contribution in [2.24, 2.45) is 16.8 Å². The van der Waals surface area contributed by atoms with Crippen LogP contribution < -0.4 is 15.8 Å². The summed E-state index contributed by atoms with van der Waals surface area (Å²) in [5.41, 5.74) is 7.75. The molecule has 0 spiro atoms. The van der Waals surface area contributed by atoms with Gasteiger partial charge in [0.05, 0.1) is 0 Å². The maximum Gasteiger partial charge on any atom is 0.260 e. The van der Waals surface area contributed by atoms with Crippen molar-refractivity contribution in [3.63, 3.8) is 0 Å². The molecule has 2 aromatic carbocycles. The number of hydrogen-bond donors (Lipinski definition) is 2. The average Bonchev–Trinajstić information content (AvgIpc) is 2.78.